The molecule has 1 aliphatic rings. The molecular formula is C18H16N2O4S. The van der Waals surface area contributed by atoms with Gasteiger partial charge in [0.25, 0.3) is 11.8 Å². The standard InChI is InChI=1S/C18H16N2O4S/c21-16(12-25-11-13-5-3-4-8-19-13)24-10-9-20-17(22)14-6-1-2-7-15(14)18(20)23/h1-8H,9-12H2. The SMILES string of the molecule is O=C(CSCc1ccccn1)OCCN1C(=O)c2ccccc2C1=O. The van der Waals surface area contributed by atoms with Crippen LogP contribution < -0.4 is 0 Å². The molecule has 1 aromatic carbocycles. The van der Waals surface area contributed by atoms with Crippen molar-refractivity contribution in [2.45, 2.75) is 5.75 Å². The smallest absolute Gasteiger partial charge is 0.315 e. The Bertz CT molecular complexity index is 760. The van der Waals surface area contributed by atoms with E-state index >= 15 is 0 Å². The van der Waals surface area contributed by atoms with E-state index in [2.05, 4.69) is 4.98 Å². The van der Waals surface area contributed by atoms with E-state index in [-0.39, 0.29) is 36.7 Å². The first-order chi connectivity index (χ1) is 12.2. The lowest BCUT2D eigenvalue weighted by Crippen LogP contribution is -2.33. The normalized spacial score (nSPS) is 13.0. The molecule has 128 valence electrons. The number of carbonyl (C=O) groups excluding carboxylic acids is 3. The Morgan fingerprint density at radius 1 is 1.04 bits per heavy atom. The summed E-state index contributed by atoms with van der Waals surface area (Å²) in [4.78, 5) is 41.3. The number of ether oxygens (including phenoxy) is 1. The number of imide groups is 1. The van der Waals surface area contributed by atoms with Gasteiger partial charge in [0, 0.05) is 11.9 Å². The molecule has 1 aromatic heterocycles. The molecule has 7 heteroatoms. The van der Waals surface area contributed by atoms with Crippen molar-refractivity contribution in [3.63, 3.8) is 0 Å². The minimum absolute atomic E-state index is 0.00551. The maximum atomic E-state index is 12.2. The third-order valence-corrected chi connectivity index (χ3v) is 4.59. The zero-order valence-electron chi connectivity index (χ0n) is 13.4. The molecule has 0 saturated heterocycles. The highest BCUT2D eigenvalue weighted by Gasteiger charge is 2.34. The Labute approximate surface area is 149 Å². The van der Waals surface area contributed by atoms with Crippen molar-refractivity contribution in [3.05, 3.63) is 65.5 Å². The summed E-state index contributed by atoms with van der Waals surface area (Å²) in [7, 11) is 0. The molecule has 0 N–H and O–H groups in total. The summed E-state index contributed by atoms with van der Waals surface area (Å²) in [6.07, 6.45) is 1.70. The molecular weight excluding hydrogens is 340 g/mol. The minimum atomic E-state index is -0.377. The van der Waals surface area contributed by atoms with Crippen molar-refractivity contribution in [2.24, 2.45) is 0 Å². The number of rotatable bonds is 7. The fraction of sp³-hybridized carbons (Fsp3) is 0.222. The van der Waals surface area contributed by atoms with Gasteiger partial charge in [-0.15, -0.1) is 11.8 Å². The first-order valence-electron chi connectivity index (χ1n) is 7.75. The number of thioether (sulfide) groups is 1. The highest BCUT2D eigenvalue weighted by molar-refractivity contribution is 7.99. The summed E-state index contributed by atoms with van der Waals surface area (Å²) < 4.78 is 5.11. The third-order valence-electron chi connectivity index (χ3n) is 3.65. The minimum Gasteiger partial charge on any atom is -0.463 e. The van der Waals surface area contributed by atoms with Gasteiger partial charge in [-0.1, -0.05) is 18.2 Å². The summed E-state index contributed by atoms with van der Waals surface area (Å²) in [5.74, 6) is -0.257. The molecule has 0 fully saturated rings. The molecule has 25 heavy (non-hydrogen) atoms. The van der Waals surface area contributed by atoms with Crippen LogP contribution in [-0.4, -0.2) is 46.6 Å². The number of aromatic nitrogens is 1. The lowest BCUT2D eigenvalue weighted by atomic mass is 10.1. The molecule has 0 saturated carbocycles. The quantitative estimate of drug-likeness (QED) is 0.559. The maximum Gasteiger partial charge on any atom is 0.315 e. The van der Waals surface area contributed by atoms with Crippen LogP contribution in [0.1, 0.15) is 26.4 Å². The molecule has 1 aliphatic heterocycles. The Hall–Kier alpha value is -2.67. The molecule has 0 bridgehead atoms. The number of nitrogens with zero attached hydrogens (tertiary/aromatic N) is 2. The molecule has 0 aliphatic carbocycles. The largest absolute Gasteiger partial charge is 0.463 e. The second-order valence-electron chi connectivity index (χ2n) is 5.34. The number of amides is 2. The average Bonchev–Trinajstić information content (AvgIpc) is 2.88. The Morgan fingerprint density at radius 3 is 2.36 bits per heavy atom. The van der Waals surface area contributed by atoms with Gasteiger partial charge in [-0.25, -0.2) is 0 Å². The fourth-order valence-electron chi connectivity index (χ4n) is 2.46. The van der Waals surface area contributed by atoms with Gasteiger partial charge in [0.1, 0.15) is 6.61 Å². The van der Waals surface area contributed by atoms with Crippen LogP contribution >= 0.6 is 11.8 Å². The van der Waals surface area contributed by atoms with E-state index in [1.165, 1.54) is 11.8 Å². The molecule has 0 spiro atoms. The van der Waals surface area contributed by atoms with Crippen LogP contribution in [0.2, 0.25) is 0 Å². The van der Waals surface area contributed by atoms with Crippen molar-refractivity contribution in [1.29, 1.82) is 0 Å². The number of benzene rings is 1. The number of fused-ring (bicyclic) bond motifs is 1. The Kier molecular flexibility index (Phi) is 5.45. The van der Waals surface area contributed by atoms with Crippen LogP contribution in [0.4, 0.5) is 0 Å². The zero-order valence-corrected chi connectivity index (χ0v) is 14.2. The number of hydrogen-bond acceptors (Lipinski definition) is 6. The van der Waals surface area contributed by atoms with E-state index in [0.717, 1.165) is 10.6 Å². The van der Waals surface area contributed by atoms with Gasteiger partial charge in [0.2, 0.25) is 0 Å². The van der Waals surface area contributed by atoms with Crippen molar-refractivity contribution in [3.8, 4) is 0 Å². The first-order valence-corrected chi connectivity index (χ1v) is 8.91. The molecule has 3 rings (SSSR count). The Balaban J connectivity index is 1.40. The lowest BCUT2D eigenvalue weighted by molar-refractivity contribution is -0.140. The van der Waals surface area contributed by atoms with Gasteiger partial charge >= 0.3 is 5.97 Å². The Morgan fingerprint density at radius 2 is 1.72 bits per heavy atom. The zero-order chi connectivity index (χ0) is 17.6. The van der Waals surface area contributed by atoms with Gasteiger partial charge in [0.05, 0.1) is 29.1 Å². The van der Waals surface area contributed by atoms with E-state index in [1.54, 1.807) is 30.5 Å². The highest BCUT2D eigenvalue weighted by Crippen LogP contribution is 2.21. The summed E-state index contributed by atoms with van der Waals surface area (Å²) >= 11 is 1.40. The predicted molar refractivity (Wildman–Crippen MR) is 93.2 cm³/mol. The fourth-order valence-corrected chi connectivity index (χ4v) is 3.19. The molecule has 0 radical (unpaired) electrons. The van der Waals surface area contributed by atoms with E-state index < -0.39 is 0 Å². The van der Waals surface area contributed by atoms with Crippen LogP contribution in [0.5, 0.6) is 0 Å². The van der Waals surface area contributed by atoms with Crippen LogP contribution in [0, 0.1) is 0 Å². The summed E-state index contributed by atoms with van der Waals surface area (Å²) in [6, 6.07) is 12.3. The van der Waals surface area contributed by atoms with Gasteiger partial charge in [0.15, 0.2) is 0 Å². The van der Waals surface area contributed by atoms with E-state index in [4.69, 9.17) is 4.74 Å². The van der Waals surface area contributed by atoms with Gasteiger partial charge in [-0.2, -0.15) is 0 Å². The van der Waals surface area contributed by atoms with E-state index in [0.29, 0.717) is 16.9 Å². The molecule has 0 unspecified atom stereocenters. The second kappa shape index (κ2) is 7.94. The van der Waals surface area contributed by atoms with Crippen LogP contribution in [0.25, 0.3) is 0 Å². The number of esters is 1. The summed E-state index contributed by atoms with van der Waals surface area (Å²) in [5, 5.41) is 0. The third kappa shape index (κ3) is 4.06. The molecule has 0 atom stereocenters. The first kappa shape index (κ1) is 17.2. The number of pyridine rings is 1. The summed E-state index contributed by atoms with van der Waals surface area (Å²) in [6.45, 7) is 0.0530. The van der Waals surface area contributed by atoms with Gasteiger partial charge < -0.3 is 4.74 Å². The van der Waals surface area contributed by atoms with Crippen LogP contribution in [0.15, 0.2) is 48.7 Å². The van der Waals surface area contributed by atoms with Gasteiger partial charge in [-0.05, 0) is 24.3 Å². The highest BCUT2D eigenvalue weighted by atomic mass is 32.2. The van der Waals surface area contributed by atoms with E-state index in [9.17, 15) is 14.4 Å². The van der Waals surface area contributed by atoms with Crippen LogP contribution in [0.3, 0.4) is 0 Å². The molecule has 2 heterocycles. The average molecular weight is 356 g/mol. The van der Waals surface area contributed by atoms with Crippen molar-refractivity contribution >= 4 is 29.5 Å². The topological polar surface area (TPSA) is 76.6 Å². The molecule has 2 aromatic rings. The van der Waals surface area contributed by atoms with E-state index in [1.807, 2.05) is 18.2 Å². The second-order valence-corrected chi connectivity index (χ2v) is 6.33. The molecule has 6 nitrogen and oxygen atoms in total. The number of carbonyl (C=O) groups is 3. The van der Waals surface area contributed by atoms with Gasteiger partial charge in [-0.3, -0.25) is 24.3 Å². The van der Waals surface area contributed by atoms with Crippen molar-refractivity contribution < 1.29 is 19.1 Å². The number of hydrogen-bond donors (Lipinski definition) is 0. The van der Waals surface area contributed by atoms with Crippen LogP contribution in [-0.2, 0) is 15.3 Å². The monoisotopic (exact) mass is 356 g/mol. The van der Waals surface area contributed by atoms with Crippen molar-refractivity contribution in [2.75, 3.05) is 18.9 Å². The molecule has 2 amide bonds. The summed E-state index contributed by atoms with van der Waals surface area (Å²) in [5.41, 5.74) is 1.68. The predicted octanol–water partition coefficient (Wildman–Crippen LogP) is 2.15. The lowest BCUT2D eigenvalue weighted by Gasteiger charge is -2.13. The van der Waals surface area contributed by atoms with Crippen molar-refractivity contribution in [1.82, 2.24) is 9.88 Å². The maximum absolute atomic E-state index is 12.2.